The number of hydrogen-bond donors (Lipinski definition) is 0. The van der Waals surface area contributed by atoms with Crippen LogP contribution in [0.1, 0.15) is 0 Å². The highest BCUT2D eigenvalue weighted by atomic mass is 32.2. The summed E-state index contributed by atoms with van der Waals surface area (Å²) >= 11 is 0. The maximum absolute atomic E-state index is 13.2. The minimum absolute atomic E-state index is 0.299. The molecule has 6 nitrogen and oxygen atoms in total. The Morgan fingerprint density at radius 1 is 0.781 bits per heavy atom. The van der Waals surface area contributed by atoms with E-state index in [1.54, 1.807) is 24.3 Å². The lowest BCUT2D eigenvalue weighted by Gasteiger charge is -2.34. The van der Waals surface area contributed by atoms with Crippen molar-refractivity contribution in [1.29, 1.82) is 0 Å². The summed E-state index contributed by atoms with van der Waals surface area (Å²) in [5, 5.41) is 1.92. The molecule has 0 unspecified atom stereocenters. The number of benzene rings is 3. The smallest absolute Gasteiger partial charge is 0.243 e. The maximum atomic E-state index is 13.2. The van der Waals surface area contributed by atoms with Crippen LogP contribution in [0.2, 0.25) is 0 Å². The second kappa shape index (κ2) is 8.29. The van der Waals surface area contributed by atoms with Crippen molar-refractivity contribution in [2.75, 3.05) is 31.1 Å². The summed E-state index contributed by atoms with van der Waals surface area (Å²) < 4.78 is 41.1. The number of nitrogens with zero attached hydrogens (tertiary/aromatic N) is 4. The van der Waals surface area contributed by atoms with Crippen molar-refractivity contribution in [3.8, 4) is 11.3 Å². The zero-order valence-electron chi connectivity index (χ0n) is 17.2. The molecule has 2 heterocycles. The van der Waals surface area contributed by atoms with E-state index < -0.39 is 10.0 Å². The average molecular weight is 449 g/mol. The number of fused-ring (bicyclic) bond motifs is 1. The van der Waals surface area contributed by atoms with E-state index in [4.69, 9.17) is 0 Å². The zero-order valence-corrected chi connectivity index (χ0v) is 18.0. The van der Waals surface area contributed by atoms with Crippen LogP contribution < -0.4 is 4.90 Å². The quantitative estimate of drug-likeness (QED) is 0.473. The van der Waals surface area contributed by atoms with Gasteiger partial charge in [0.15, 0.2) is 0 Å². The number of sulfonamides is 1. The van der Waals surface area contributed by atoms with E-state index >= 15 is 0 Å². The Kier molecular flexibility index (Phi) is 5.32. The van der Waals surface area contributed by atoms with Crippen molar-refractivity contribution in [2.45, 2.75) is 4.90 Å². The third kappa shape index (κ3) is 3.94. The molecular weight excluding hydrogens is 427 g/mol. The molecule has 0 atom stereocenters. The molecule has 1 aliphatic heterocycles. The van der Waals surface area contributed by atoms with Crippen molar-refractivity contribution < 1.29 is 12.8 Å². The van der Waals surface area contributed by atoms with Crippen LogP contribution in [0.5, 0.6) is 0 Å². The summed E-state index contributed by atoms with van der Waals surface area (Å²) in [6.07, 6.45) is 1.48. The number of hydrogen-bond acceptors (Lipinski definition) is 5. The summed E-state index contributed by atoms with van der Waals surface area (Å²) in [5.41, 5.74) is 1.49. The van der Waals surface area contributed by atoms with Crippen LogP contribution in [-0.4, -0.2) is 48.9 Å². The monoisotopic (exact) mass is 448 g/mol. The van der Waals surface area contributed by atoms with Crippen LogP contribution in [-0.2, 0) is 10.0 Å². The van der Waals surface area contributed by atoms with E-state index in [1.165, 1.54) is 22.8 Å². The molecule has 1 aromatic heterocycles. The van der Waals surface area contributed by atoms with E-state index in [2.05, 4.69) is 9.97 Å². The van der Waals surface area contributed by atoms with Crippen molar-refractivity contribution in [3.63, 3.8) is 0 Å². The van der Waals surface area contributed by atoms with Gasteiger partial charge in [-0.3, -0.25) is 0 Å². The Morgan fingerprint density at radius 2 is 1.50 bits per heavy atom. The predicted molar refractivity (Wildman–Crippen MR) is 122 cm³/mol. The van der Waals surface area contributed by atoms with E-state index in [9.17, 15) is 12.8 Å². The van der Waals surface area contributed by atoms with Crippen LogP contribution in [0.4, 0.5) is 10.2 Å². The molecule has 162 valence electrons. The van der Waals surface area contributed by atoms with Gasteiger partial charge in [0.1, 0.15) is 18.0 Å². The molecule has 5 rings (SSSR count). The first kappa shape index (κ1) is 20.5. The normalized spacial score (nSPS) is 15.2. The number of piperazine rings is 1. The predicted octanol–water partition coefficient (Wildman–Crippen LogP) is 3.95. The third-order valence-electron chi connectivity index (χ3n) is 5.71. The lowest BCUT2D eigenvalue weighted by atomic mass is 10.1. The molecule has 3 aromatic carbocycles. The Hall–Kier alpha value is -3.36. The molecule has 32 heavy (non-hydrogen) atoms. The van der Waals surface area contributed by atoms with E-state index in [1.807, 2.05) is 41.3 Å². The molecule has 0 aliphatic carbocycles. The van der Waals surface area contributed by atoms with E-state index in [-0.39, 0.29) is 5.82 Å². The standard InChI is InChI=1S/C24H21FN4O2S/c25-21-8-5-19(6-9-21)23-16-24(27-17-26-23)28-11-13-29(14-12-28)32(30,31)22-10-7-18-3-1-2-4-20(18)15-22/h1-10,15-17H,11-14H2. The molecule has 0 amide bonds. The highest BCUT2D eigenvalue weighted by molar-refractivity contribution is 7.89. The van der Waals surface area contributed by atoms with Crippen LogP contribution >= 0.6 is 0 Å². The second-order valence-electron chi connectivity index (χ2n) is 7.67. The fourth-order valence-corrected chi connectivity index (χ4v) is 5.39. The molecule has 0 saturated carbocycles. The molecule has 0 radical (unpaired) electrons. The van der Waals surface area contributed by atoms with Crippen molar-refractivity contribution in [2.24, 2.45) is 0 Å². The van der Waals surface area contributed by atoms with Crippen molar-refractivity contribution in [3.05, 3.63) is 84.9 Å². The van der Waals surface area contributed by atoms with Crippen LogP contribution in [0.15, 0.2) is 84.0 Å². The second-order valence-corrected chi connectivity index (χ2v) is 9.61. The molecule has 8 heteroatoms. The fourth-order valence-electron chi connectivity index (χ4n) is 3.93. The van der Waals surface area contributed by atoms with Gasteiger partial charge in [-0.25, -0.2) is 22.8 Å². The lowest BCUT2D eigenvalue weighted by Crippen LogP contribution is -2.48. The van der Waals surface area contributed by atoms with Gasteiger partial charge in [0.25, 0.3) is 0 Å². The minimum atomic E-state index is -3.58. The van der Waals surface area contributed by atoms with Gasteiger partial charge in [0.05, 0.1) is 10.6 Å². The zero-order chi connectivity index (χ0) is 22.1. The van der Waals surface area contributed by atoms with Gasteiger partial charge in [-0.2, -0.15) is 4.31 Å². The molecule has 0 bridgehead atoms. The molecule has 1 saturated heterocycles. The third-order valence-corrected chi connectivity index (χ3v) is 7.61. The van der Waals surface area contributed by atoms with Gasteiger partial charge in [0, 0.05) is 37.8 Å². The van der Waals surface area contributed by atoms with Crippen molar-refractivity contribution in [1.82, 2.24) is 14.3 Å². The van der Waals surface area contributed by atoms with Gasteiger partial charge >= 0.3 is 0 Å². The van der Waals surface area contributed by atoms with Gasteiger partial charge in [-0.15, -0.1) is 0 Å². The van der Waals surface area contributed by atoms with Crippen LogP contribution in [0.25, 0.3) is 22.0 Å². The van der Waals surface area contributed by atoms with E-state index in [0.717, 1.165) is 22.2 Å². The summed E-state index contributed by atoms with van der Waals surface area (Å²) in [6, 6.07) is 21.0. The summed E-state index contributed by atoms with van der Waals surface area (Å²) in [6.45, 7) is 1.77. The number of halogens is 1. The first-order chi connectivity index (χ1) is 15.5. The van der Waals surface area contributed by atoms with E-state index in [0.29, 0.717) is 36.8 Å². The lowest BCUT2D eigenvalue weighted by molar-refractivity contribution is 0.384. The summed E-state index contributed by atoms with van der Waals surface area (Å²) in [4.78, 5) is 11.0. The first-order valence-corrected chi connectivity index (χ1v) is 11.8. The van der Waals surface area contributed by atoms with Gasteiger partial charge in [0.2, 0.25) is 10.0 Å². The molecule has 0 N–H and O–H groups in total. The number of rotatable bonds is 4. The highest BCUT2D eigenvalue weighted by Gasteiger charge is 2.29. The molecule has 1 fully saturated rings. The van der Waals surface area contributed by atoms with Crippen LogP contribution in [0.3, 0.4) is 0 Å². The molecule has 0 spiro atoms. The summed E-state index contributed by atoms with van der Waals surface area (Å²) in [5.74, 6) is 0.425. The largest absolute Gasteiger partial charge is 0.354 e. The first-order valence-electron chi connectivity index (χ1n) is 10.3. The maximum Gasteiger partial charge on any atom is 0.243 e. The Balaban J connectivity index is 1.32. The van der Waals surface area contributed by atoms with Gasteiger partial charge in [-0.1, -0.05) is 30.3 Å². The molecule has 1 aliphatic rings. The highest BCUT2D eigenvalue weighted by Crippen LogP contribution is 2.25. The Labute approximate surface area is 186 Å². The molecule has 4 aromatic rings. The Morgan fingerprint density at radius 3 is 2.25 bits per heavy atom. The fraction of sp³-hybridized carbons (Fsp3) is 0.167. The van der Waals surface area contributed by atoms with Crippen molar-refractivity contribution >= 4 is 26.6 Å². The SMILES string of the molecule is O=S(=O)(c1ccc2ccccc2c1)N1CCN(c2cc(-c3ccc(F)cc3)ncn2)CC1. The average Bonchev–Trinajstić information content (AvgIpc) is 2.84. The van der Waals surface area contributed by atoms with Gasteiger partial charge in [-0.05, 0) is 47.2 Å². The Bertz CT molecular complexity index is 1370. The van der Waals surface area contributed by atoms with Gasteiger partial charge < -0.3 is 4.90 Å². The summed E-state index contributed by atoms with van der Waals surface area (Å²) in [7, 11) is -3.58. The topological polar surface area (TPSA) is 66.4 Å². The molecular formula is C24H21FN4O2S. The van der Waals surface area contributed by atoms with Crippen LogP contribution in [0, 0.1) is 5.82 Å². The number of aromatic nitrogens is 2. The number of anilines is 1. The minimum Gasteiger partial charge on any atom is -0.354 e.